The minimum atomic E-state index is -0.0732. The maximum absolute atomic E-state index is 12.5. The number of benzene rings is 2. The molecule has 7 nitrogen and oxygen atoms in total. The van der Waals surface area contributed by atoms with E-state index in [-0.39, 0.29) is 11.7 Å². The number of carbonyl (C=O) groups excluding carboxylic acids is 1. The Bertz CT molecular complexity index is 1210. The average Bonchev–Trinajstić information content (AvgIpc) is 3.39. The molecule has 0 radical (unpaired) electrons. The first-order valence-electron chi connectivity index (χ1n) is 10.5. The number of hydrogen-bond donors (Lipinski definition) is 1. The van der Waals surface area contributed by atoms with Crippen molar-refractivity contribution < 1.29 is 4.79 Å². The van der Waals surface area contributed by atoms with Crippen LogP contribution in [0.25, 0.3) is 11.4 Å². The van der Waals surface area contributed by atoms with E-state index < -0.39 is 0 Å². The summed E-state index contributed by atoms with van der Waals surface area (Å²) in [5.41, 5.74) is 4.13. The number of carbonyl (C=O) groups is 1. The molecule has 0 aliphatic heterocycles. The van der Waals surface area contributed by atoms with Gasteiger partial charge in [-0.05, 0) is 44.5 Å². The maximum atomic E-state index is 12.5. The highest BCUT2D eigenvalue weighted by atomic mass is 32.2. The van der Waals surface area contributed by atoms with E-state index in [9.17, 15) is 4.79 Å². The first kappa shape index (κ1) is 21.8. The number of nitrogens with one attached hydrogen (secondary N) is 1. The Morgan fingerprint density at radius 2 is 1.91 bits per heavy atom. The predicted molar refractivity (Wildman–Crippen MR) is 128 cm³/mol. The highest BCUT2D eigenvalue weighted by Crippen LogP contribution is 2.24. The van der Waals surface area contributed by atoms with Crippen molar-refractivity contribution in [2.24, 2.45) is 0 Å². The first-order valence-corrected chi connectivity index (χ1v) is 11.5. The van der Waals surface area contributed by atoms with Gasteiger partial charge in [0, 0.05) is 36.7 Å². The van der Waals surface area contributed by atoms with Crippen LogP contribution in [0.1, 0.15) is 23.9 Å². The molecule has 2 aromatic carbocycles. The molecule has 32 heavy (non-hydrogen) atoms. The van der Waals surface area contributed by atoms with Crippen molar-refractivity contribution in [1.82, 2.24) is 24.3 Å². The van der Waals surface area contributed by atoms with E-state index in [1.54, 1.807) is 6.20 Å². The summed E-state index contributed by atoms with van der Waals surface area (Å²) in [6.07, 6.45) is 3.76. The third kappa shape index (κ3) is 5.08. The third-order valence-corrected chi connectivity index (χ3v) is 6.12. The Morgan fingerprint density at radius 3 is 2.59 bits per heavy atom. The second-order valence-electron chi connectivity index (χ2n) is 7.56. The molecule has 8 heteroatoms. The normalized spacial score (nSPS) is 11.0. The van der Waals surface area contributed by atoms with Gasteiger partial charge in [0.1, 0.15) is 5.82 Å². The van der Waals surface area contributed by atoms with E-state index >= 15 is 0 Å². The number of hydrogen-bond acceptors (Lipinski definition) is 5. The smallest absolute Gasteiger partial charge is 0.234 e. The van der Waals surface area contributed by atoms with Crippen LogP contribution in [0.2, 0.25) is 0 Å². The fraction of sp³-hybridized carbons (Fsp3) is 0.250. The molecule has 0 saturated carbocycles. The zero-order valence-corrected chi connectivity index (χ0v) is 19.3. The fourth-order valence-electron chi connectivity index (χ4n) is 3.47. The van der Waals surface area contributed by atoms with Gasteiger partial charge in [0.15, 0.2) is 11.0 Å². The molecule has 4 rings (SSSR count). The van der Waals surface area contributed by atoms with E-state index in [1.807, 2.05) is 54.1 Å². The Morgan fingerprint density at radius 1 is 1.09 bits per heavy atom. The quantitative estimate of drug-likeness (QED) is 0.402. The van der Waals surface area contributed by atoms with Gasteiger partial charge in [-0.15, -0.1) is 10.2 Å². The topological polar surface area (TPSA) is 77.6 Å². The third-order valence-electron chi connectivity index (χ3n) is 5.16. The molecule has 0 aliphatic carbocycles. The van der Waals surface area contributed by atoms with Crippen molar-refractivity contribution in [3.63, 3.8) is 0 Å². The molecule has 4 aromatic rings. The van der Waals surface area contributed by atoms with Crippen LogP contribution in [-0.2, 0) is 17.9 Å². The lowest BCUT2D eigenvalue weighted by Crippen LogP contribution is -2.14. The van der Waals surface area contributed by atoms with Gasteiger partial charge in [0.2, 0.25) is 5.91 Å². The number of aryl methyl sites for hydroxylation is 2. The van der Waals surface area contributed by atoms with Gasteiger partial charge in [-0.1, -0.05) is 47.7 Å². The monoisotopic (exact) mass is 446 g/mol. The van der Waals surface area contributed by atoms with Crippen molar-refractivity contribution in [3.05, 3.63) is 77.9 Å². The highest BCUT2D eigenvalue weighted by Gasteiger charge is 2.15. The lowest BCUT2D eigenvalue weighted by molar-refractivity contribution is -0.113. The molecule has 2 aromatic heterocycles. The van der Waals surface area contributed by atoms with Crippen LogP contribution in [-0.4, -0.2) is 36.0 Å². The van der Waals surface area contributed by atoms with Gasteiger partial charge < -0.3 is 14.5 Å². The van der Waals surface area contributed by atoms with Gasteiger partial charge >= 0.3 is 0 Å². The summed E-state index contributed by atoms with van der Waals surface area (Å²) in [4.78, 5) is 16.7. The first-order chi connectivity index (χ1) is 15.5. The van der Waals surface area contributed by atoms with Crippen molar-refractivity contribution in [1.29, 1.82) is 0 Å². The van der Waals surface area contributed by atoms with E-state index in [0.29, 0.717) is 0 Å². The van der Waals surface area contributed by atoms with Crippen molar-refractivity contribution in [2.45, 2.75) is 39.0 Å². The van der Waals surface area contributed by atoms with Crippen molar-refractivity contribution in [2.75, 3.05) is 11.1 Å². The molecule has 0 spiro atoms. The standard InChI is InChI=1S/C24H26N6OS/c1-4-30-23(20-7-5-6-17(2)14-20)27-28-24(30)32-16-22(31)26-21-10-8-19(9-11-21)15-29-13-12-25-18(29)3/h5-14H,4,15-16H2,1-3H3,(H,26,31). The second kappa shape index (κ2) is 9.82. The number of nitrogens with zero attached hydrogens (tertiary/aromatic N) is 5. The Labute approximate surface area is 191 Å². The second-order valence-corrected chi connectivity index (χ2v) is 8.50. The van der Waals surface area contributed by atoms with Gasteiger partial charge in [-0.25, -0.2) is 4.98 Å². The van der Waals surface area contributed by atoms with E-state index in [2.05, 4.69) is 51.0 Å². The van der Waals surface area contributed by atoms with Crippen LogP contribution in [0.5, 0.6) is 0 Å². The Balaban J connectivity index is 1.35. The molecule has 2 heterocycles. The van der Waals surface area contributed by atoms with Crippen LogP contribution in [0.15, 0.2) is 66.1 Å². The predicted octanol–water partition coefficient (Wildman–Crippen LogP) is 4.56. The molecule has 0 atom stereocenters. The molecule has 0 fully saturated rings. The molecule has 0 aliphatic rings. The van der Waals surface area contributed by atoms with Crippen LogP contribution in [0.3, 0.4) is 0 Å². The Kier molecular flexibility index (Phi) is 6.70. The van der Waals surface area contributed by atoms with Gasteiger partial charge in [-0.3, -0.25) is 4.79 Å². The van der Waals surface area contributed by atoms with E-state index in [0.717, 1.165) is 46.7 Å². The molecular weight excluding hydrogens is 420 g/mol. The van der Waals surface area contributed by atoms with Crippen molar-refractivity contribution >= 4 is 23.4 Å². The fourth-order valence-corrected chi connectivity index (χ4v) is 4.27. The lowest BCUT2D eigenvalue weighted by atomic mass is 10.1. The maximum Gasteiger partial charge on any atom is 0.234 e. The summed E-state index contributed by atoms with van der Waals surface area (Å²) in [5.74, 6) is 1.99. The van der Waals surface area contributed by atoms with Gasteiger partial charge in [-0.2, -0.15) is 0 Å². The largest absolute Gasteiger partial charge is 0.331 e. The van der Waals surface area contributed by atoms with Crippen LogP contribution in [0.4, 0.5) is 5.69 Å². The molecule has 0 unspecified atom stereocenters. The number of anilines is 1. The number of rotatable bonds is 8. The average molecular weight is 447 g/mol. The highest BCUT2D eigenvalue weighted by molar-refractivity contribution is 7.99. The van der Waals surface area contributed by atoms with Crippen LogP contribution >= 0.6 is 11.8 Å². The minimum absolute atomic E-state index is 0.0732. The molecule has 0 bridgehead atoms. The summed E-state index contributed by atoms with van der Waals surface area (Å²) < 4.78 is 4.12. The van der Waals surface area contributed by atoms with Crippen molar-refractivity contribution in [3.8, 4) is 11.4 Å². The summed E-state index contributed by atoms with van der Waals surface area (Å²) >= 11 is 1.39. The summed E-state index contributed by atoms with van der Waals surface area (Å²) in [7, 11) is 0. The minimum Gasteiger partial charge on any atom is -0.331 e. The number of amides is 1. The zero-order chi connectivity index (χ0) is 22.5. The molecular formula is C24H26N6OS. The molecule has 0 saturated heterocycles. The summed E-state index contributed by atoms with van der Waals surface area (Å²) in [6, 6.07) is 16.1. The van der Waals surface area contributed by atoms with Crippen LogP contribution in [0, 0.1) is 13.8 Å². The number of thioether (sulfide) groups is 1. The Hall–Kier alpha value is -3.39. The lowest BCUT2D eigenvalue weighted by Gasteiger charge is -2.09. The van der Waals surface area contributed by atoms with Crippen LogP contribution < -0.4 is 5.32 Å². The summed E-state index contributed by atoms with van der Waals surface area (Å²) in [5, 5.41) is 12.4. The molecule has 1 N–H and O–H groups in total. The zero-order valence-electron chi connectivity index (χ0n) is 18.4. The molecule has 1 amide bonds. The van der Waals surface area contributed by atoms with Gasteiger partial charge in [0.05, 0.1) is 5.75 Å². The number of aromatic nitrogens is 5. The van der Waals surface area contributed by atoms with E-state index in [1.165, 1.54) is 17.3 Å². The van der Waals surface area contributed by atoms with E-state index in [4.69, 9.17) is 0 Å². The summed E-state index contributed by atoms with van der Waals surface area (Å²) in [6.45, 7) is 7.58. The number of imidazole rings is 1. The molecule has 164 valence electrons. The SMILES string of the molecule is CCn1c(SCC(=O)Nc2ccc(Cn3ccnc3C)cc2)nnc1-c1cccc(C)c1. The van der Waals surface area contributed by atoms with Gasteiger partial charge in [0.25, 0.3) is 0 Å².